The molecule has 0 radical (unpaired) electrons. The van der Waals surface area contributed by atoms with Gasteiger partial charge in [0.05, 0.1) is 6.54 Å². The third kappa shape index (κ3) is 3.57. The molecule has 0 aromatic carbocycles. The minimum absolute atomic E-state index is 0.00313. The maximum Gasteiger partial charge on any atom is 0.401 e. The van der Waals surface area contributed by atoms with Crippen LogP contribution in [0.4, 0.5) is 13.2 Å². The van der Waals surface area contributed by atoms with Crippen molar-refractivity contribution in [1.29, 1.82) is 0 Å². The Labute approximate surface area is 63.2 Å². The summed E-state index contributed by atoms with van der Waals surface area (Å²) >= 11 is 0. The molecule has 0 aliphatic carbocycles. The molecule has 0 bridgehead atoms. The van der Waals surface area contributed by atoms with E-state index in [1.165, 1.54) is 0 Å². The van der Waals surface area contributed by atoms with E-state index in [9.17, 15) is 13.2 Å². The second-order valence-corrected chi connectivity index (χ2v) is 2.69. The van der Waals surface area contributed by atoms with Gasteiger partial charge in [0.25, 0.3) is 0 Å². The van der Waals surface area contributed by atoms with E-state index in [4.69, 9.17) is 0 Å². The van der Waals surface area contributed by atoms with Crippen LogP contribution in [0.1, 0.15) is 6.42 Å². The molecular weight excluding hydrogens is 157 g/mol. The van der Waals surface area contributed by atoms with E-state index >= 15 is 0 Å². The van der Waals surface area contributed by atoms with E-state index < -0.39 is 12.7 Å². The summed E-state index contributed by atoms with van der Waals surface area (Å²) < 4.78 is 34.9. The first-order valence-electron chi connectivity index (χ1n) is 3.59. The molecule has 1 heterocycles. The van der Waals surface area contributed by atoms with Crippen molar-refractivity contribution in [3.05, 3.63) is 0 Å². The largest absolute Gasteiger partial charge is 0.401 e. The average Bonchev–Trinajstić information content (AvgIpc) is 2.32. The molecule has 5 heteroatoms. The lowest BCUT2D eigenvalue weighted by molar-refractivity contribution is -0.125. The van der Waals surface area contributed by atoms with Gasteiger partial charge in [-0.2, -0.15) is 13.2 Å². The maximum atomic E-state index is 11.6. The standard InChI is InChI=1S/C6H11F3N2/c7-6(8,9)4-11-5-1-2-10-3-5/h5,10-11H,1-4H2/t5-/m1/s1. The van der Waals surface area contributed by atoms with Crippen LogP contribution in [0.25, 0.3) is 0 Å². The lowest BCUT2D eigenvalue weighted by atomic mass is 10.2. The summed E-state index contributed by atoms with van der Waals surface area (Å²) in [5, 5.41) is 5.41. The van der Waals surface area contributed by atoms with E-state index in [1.807, 2.05) is 0 Å². The van der Waals surface area contributed by atoms with Gasteiger partial charge in [-0.25, -0.2) is 0 Å². The SMILES string of the molecule is FC(F)(F)CN[C@@H]1CCNC1. The molecule has 0 spiro atoms. The Morgan fingerprint density at radius 1 is 1.45 bits per heavy atom. The minimum Gasteiger partial charge on any atom is -0.315 e. The Balaban J connectivity index is 2.11. The van der Waals surface area contributed by atoms with Crippen LogP contribution in [-0.2, 0) is 0 Å². The van der Waals surface area contributed by atoms with Crippen molar-refractivity contribution in [1.82, 2.24) is 10.6 Å². The molecule has 1 aliphatic heterocycles. The van der Waals surface area contributed by atoms with Crippen LogP contribution in [0.15, 0.2) is 0 Å². The van der Waals surface area contributed by atoms with Gasteiger partial charge in [0.15, 0.2) is 0 Å². The highest BCUT2D eigenvalue weighted by molar-refractivity contribution is 4.77. The highest BCUT2D eigenvalue weighted by atomic mass is 19.4. The first-order valence-corrected chi connectivity index (χ1v) is 3.59. The van der Waals surface area contributed by atoms with Crippen molar-refractivity contribution >= 4 is 0 Å². The summed E-state index contributed by atoms with van der Waals surface area (Å²) in [5.41, 5.74) is 0. The summed E-state index contributed by atoms with van der Waals surface area (Å²) in [6, 6.07) is -0.00313. The molecule has 66 valence electrons. The molecule has 0 aromatic heterocycles. The second-order valence-electron chi connectivity index (χ2n) is 2.69. The Kier molecular flexibility index (Phi) is 2.72. The highest BCUT2D eigenvalue weighted by Crippen LogP contribution is 2.13. The summed E-state index contributed by atoms with van der Waals surface area (Å²) in [5.74, 6) is 0. The molecule has 1 atom stereocenters. The Hall–Kier alpha value is -0.290. The fourth-order valence-corrected chi connectivity index (χ4v) is 1.09. The topological polar surface area (TPSA) is 24.1 Å². The van der Waals surface area contributed by atoms with Gasteiger partial charge in [0, 0.05) is 12.6 Å². The quantitative estimate of drug-likeness (QED) is 0.627. The van der Waals surface area contributed by atoms with E-state index in [1.54, 1.807) is 0 Å². The van der Waals surface area contributed by atoms with Gasteiger partial charge in [-0.1, -0.05) is 0 Å². The Morgan fingerprint density at radius 3 is 2.64 bits per heavy atom. The molecule has 1 aliphatic rings. The first kappa shape index (κ1) is 8.80. The molecule has 1 saturated heterocycles. The van der Waals surface area contributed by atoms with Crippen LogP contribution in [-0.4, -0.2) is 31.9 Å². The molecule has 1 fully saturated rings. The molecule has 1 rings (SSSR count). The number of halogens is 3. The first-order chi connectivity index (χ1) is 5.08. The molecular formula is C6H11F3N2. The van der Waals surface area contributed by atoms with Gasteiger partial charge in [-0.15, -0.1) is 0 Å². The smallest absolute Gasteiger partial charge is 0.315 e. The molecule has 0 unspecified atom stereocenters. The molecule has 0 saturated carbocycles. The lowest BCUT2D eigenvalue weighted by Crippen LogP contribution is -2.38. The second kappa shape index (κ2) is 3.40. The third-order valence-corrected chi connectivity index (χ3v) is 1.65. The molecule has 11 heavy (non-hydrogen) atoms. The molecule has 2 nitrogen and oxygen atoms in total. The molecule has 0 amide bonds. The number of hydrogen-bond acceptors (Lipinski definition) is 2. The number of nitrogens with one attached hydrogen (secondary N) is 2. The molecule has 0 aromatic rings. The number of hydrogen-bond donors (Lipinski definition) is 2. The van der Waals surface area contributed by atoms with Gasteiger partial charge in [0.2, 0.25) is 0 Å². The van der Waals surface area contributed by atoms with Crippen molar-refractivity contribution in [3.8, 4) is 0 Å². The summed E-state index contributed by atoms with van der Waals surface area (Å²) in [6.07, 6.45) is -3.29. The average molecular weight is 168 g/mol. The zero-order valence-corrected chi connectivity index (χ0v) is 6.04. The van der Waals surface area contributed by atoms with Gasteiger partial charge < -0.3 is 10.6 Å². The van der Waals surface area contributed by atoms with Crippen LogP contribution in [0.2, 0.25) is 0 Å². The monoisotopic (exact) mass is 168 g/mol. The summed E-state index contributed by atoms with van der Waals surface area (Å²) in [7, 11) is 0. The van der Waals surface area contributed by atoms with Crippen LogP contribution >= 0.6 is 0 Å². The van der Waals surface area contributed by atoms with Crippen LogP contribution in [0.3, 0.4) is 0 Å². The van der Waals surface area contributed by atoms with Gasteiger partial charge in [-0.3, -0.25) is 0 Å². The van der Waals surface area contributed by atoms with Gasteiger partial charge >= 0.3 is 6.18 Å². The third-order valence-electron chi connectivity index (χ3n) is 1.65. The van der Waals surface area contributed by atoms with Crippen LogP contribution in [0.5, 0.6) is 0 Å². The maximum absolute atomic E-state index is 11.6. The lowest BCUT2D eigenvalue weighted by Gasteiger charge is -2.12. The fourth-order valence-electron chi connectivity index (χ4n) is 1.09. The van der Waals surface area contributed by atoms with E-state index in [0.717, 1.165) is 13.0 Å². The summed E-state index contributed by atoms with van der Waals surface area (Å²) in [4.78, 5) is 0. The normalized spacial score (nSPS) is 25.9. The van der Waals surface area contributed by atoms with E-state index in [-0.39, 0.29) is 6.04 Å². The fraction of sp³-hybridized carbons (Fsp3) is 1.00. The van der Waals surface area contributed by atoms with Gasteiger partial charge in [0.1, 0.15) is 0 Å². The van der Waals surface area contributed by atoms with E-state index in [0.29, 0.717) is 6.54 Å². The highest BCUT2D eigenvalue weighted by Gasteiger charge is 2.28. The number of rotatable bonds is 2. The van der Waals surface area contributed by atoms with E-state index in [2.05, 4.69) is 10.6 Å². The predicted octanol–water partition coefficient (Wildman–Crippen LogP) is 0.500. The molecule has 2 N–H and O–H groups in total. The van der Waals surface area contributed by atoms with Crippen LogP contribution in [0, 0.1) is 0 Å². The zero-order valence-electron chi connectivity index (χ0n) is 6.04. The Bertz CT molecular complexity index is 117. The van der Waals surface area contributed by atoms with Crippen molar-refractivity contribution in [2.45, 2.75) is 18.6 Å². The minimum atomic E-state index is -4.08. The van der Waals surface area contributed by atoms with Crippen molar-refractivity contribution in [2.75, 3.05) is 19.6 Å². The van der Waals surface area contributed by atoms with Crippen molar-refractivity contribution in [3.63, 3.8) is 0 Å². The van der Waals surface area contributed by atoms with Crippen LogP contribution < -0.4 is 10.6 Å². The summed E-state index contributed by atoms with van der Waals surface area (Å²) in [6.45, 7) is 0.588. The zero-order chi connectivity index (χ0) is 8.32. The van der Waals surface area contributed by atoms with Crippen molar-refractivity contribution in [2.24, 2.45) is 0 Å². The van der Waals surface area contributed by atoms with Crippen molar-refractivity contribution < 1.29 is 13.2 Å². The predicted molar refractivity (Wildman–Crippen MR) is 35.3 cm³/mol. The number of alkyl halides is 3. The van der Waals surface area contributed by atoms with Gasteiger partial charge in [-0.05, 0) is 13.0 Å². The Morgan fingerprint density at radius 2 is 2.18 bits per heavy atom.